The molecule has 0 saturated carbocycles. The van der Waals surface area contributed by atoms with Crippen LogP contribution in [0, 0.1) is 0 Å². The van der Waals surface area contributed by atoms with E-state index in [2.05, 4.69) is 15.3 Å². The molecule has 2 aromatic carbocycles. The van der Waals surface area contributed by atoms with Crippen LogP contribution in [0.3, 0.4) is 0 Å². The molecule has 0 bridgehead atoms. The van der Waals surface area contributed by atoms with E-state index in [4.69, 9.17) is 27.9 Å². The number of carbonyl (C=O) groups is 2. The molecule has 0 aliphatic carbocycles. The molecule has 0 aliphatic rings. The summed E-state index contributed by atoms with van der Waals surface area (Å²) in [7, 11) is 0. The molecule has 0 saturated heterocycles. The van der Waals surface area contributed by atoms with Crippen molar-refractivity contribution < 1.29 is 14.3 Å². The molecule has 0 spiro atoms. The Hall–Kier alpha value is -2.70. The lowest BCUT2D eigenvalue weighted by atomic mass is 10.2. The molecule has 138 valence electrons. The van der Waals surface area contributed by atoms with E-state index in [0.29, 0.717) is 21.7 Å². The van der Waals surface area contributed by atoms with Crippen LogP contribution in [0.15, 0.2) is 48.7 Å². The molecule has 3 rings (SSSR count). The number of benzene rings is 2. The lowest BCUT2D eigenvalue weighted by molar-refractivity contribution is -0.124. The van der Waals surface area contributed by atoms with Crippen LogP contribution in [0.1, 0.15) is 23.8 Å². The number of anilines is 1. The summed E-state index contributed by atoms with van der Waals surface area (Å²) in [6.07, 6.45) is 0.584. The monoisotopic (exact) mass is 403 g/mol. The minimum Gasteiger partial charge on any atom is -0.447 e. The zero-order valence-electron chi connectivity index (χ0n) is 14.3. The number of nitrogens with one attached hydrogen (secondary N) is 1. The van der Waals surface area contributed by atoms with Gasteiger partial charge < -0.3 is 10.1 Å². The fourth-order valence-electron chi connectivity index (χ4n) is 2.38. The summed E-state index contributed by atoms with van der Waals surface area (Å²) in [6.45, 7) is 1.73. The van der Waals surface area contributed by atoms with Crippen LogP contribution in [0.4, 0.5) is 5.69 Å². The number of amides is 1. The Morgan fingerprint density at radius 3 is 2.59 bits per heavy atom. The van der Waals surface area contributed by atoms with E-state index < -0.39 is 18.0 Å². The Labute approximate surface area is 165 Å². The lowest BCUT2D eigenvalue weighted by Crippen LogP contribution is -2.32. The van der Waals surface area contributed by atoms with E-state index in [9.17, 15) is 9.59 Å². The van der Waals surface area contributed by atoms with Gasteiger partial charge in [0.15, 0.2) is 11.8 Å². The highest BCUT2D eigenvalue weighted by Crippen LogP contribution is 2.29. The average molecular weight is 404 g/mol. The maximum Gasteiger partial charge on any atom is 0.359 e. The molecule has 1 heterocycles. The van der Waals surface area contributed by atoms with Crippen LogP contribution in [-0.2, 0) is 9.53 Å². The molecule has 1 amide bonds. The third-order valence-corrected chi connectivity index (χ3v) is 4.60. The predicted molar refractivity (Wildman–Crippen MR) is 104 cm³/mol. The van der Waals surface area contributed by atoms with Gasteiger partial charge in [0.1, 0.15) is 0 Å². The van der Waals surface area contributed by atoms with Gasteiger partial charge in [-0.15, -0.1) is 0 Å². The largest absolute Gasteiger partial charge is 0.447 e. The third kappa shape index (κ3) is 4.35. The minimum atomic E-state index is -1.01. The number of halogens is 2. The molecule has 1 N–H and O–H groups in total. The third-order valence-electron chi connectivity index (χ3n) is 3.78. The van der Waals surface area contributed by atoms with Crippen molar-refractivity contribution in [3.8, 4) is 0 Å². The smallest absolute Gasteiger partial charge is 0.359 e. The molecular weight excluding hydrogens is 389 g/mol. The molecular formula is C19H15Cl2N3O3. The highest BCUT2D eigenvalue weighted by molar-refractivity contribution is 6.44. The minimum absolute atomic E-state index is 0.0285. The molecule has 1 unspecified atom stereocenters. The second-order valence-electron chi connectivity index (χ2n) is 5.64. The quantitative estimate of drug-likeness (QED) is 0.633. The Balaban J connectivity index is 1.73. The van der Waals surface area contributed by atoms with Crippen LogP contribution in [0.5, 0.6) is 0 Å². The van der Waals surface area contributed by atoms with Crippen molar-refractivity contribution in [3.63, 3.8) is 0 Å². The van der Waals surface area contributed by atoms with Crippen LogP contribution in [0.2, 0.25) is 10.0 Å². The number of carbonyl (C=O) groups excluding carboxylic acids is 2. The number of hydrogen-bond donors (Lipinski definition) is 1. The maximum absolute atomic E-state index is 12.5. The summed E-state index contributed by atoms with van der Waals surface area (Å²) in [5.41, 5.74) is 1.60. The molecule has 0 radical (unpaired) electrons. The standard InChI is InChI=1S/C19H15Cl2N3O3/c1-2-16(18(25)24-14-9-5-6-11(20)17(14)21)27-19(26)15-10-22-12-7-3-4-8-13(12)23-15/h3-10,16H,2H2,1H3,(H,24,25). The molecule has 6 nitrogen and oxygen atoms in total. The average Bonchev–Trinajstić information content (AvgIpc) is 2.69. The van der Waals surface area contributed by atoms with Crippen molar-refractivity contribution in [2.45, 2.75) is 19.4 Å². The van der Waals surface area contributed by atoms with Crippen LogP contribution in [-0.4, -0.2) is 27.9 Å². The van der Waals surface area contributed by atoms with E-state index in [1.165, 1.54) is 6.20 Å². The van der Waals surface area contributed by atoms with Crippen molar-refractivity contribution in [2.24, 2.45) is 0 Å². The number of ether oxygens (including phenoxy) is 1. The fourth-order valence-corrected chi connectivity index (χ4v) is 2.73. The lowest BCUT2D eigenvalue weighted by Gasteiger charge is -2.16. The second kappa shape index (κ2) is 8.33. The van der Waals surface area contributed by atoms with E-state index in [0.717, 1.165) is 0 Å². The number of hydrogen-bond acceptors (Lipinski definition) is 5. The van der Waals surface area contributed by atoms with Gasteiger partial charge in [0, 0.05) is 0 Å². The zero-order valence-corrected chi connectivity index (χ0v) is 15.8. The van der Waals surface area contributed by atoms with Gasteiger partial charge in [-0.25, -0.2) is 9.78 Å². The summed E-state index contributed by atoms with van der Waals surface area (Å²) >= 11 is 12.0. The summed E-state index contributed by atoms with van der Waals surface area (Å²) in [5.74, 6) is -1.24. The summed E-state index contributed by atoms with van der Waals surface area (Å²) in [5, 5.41) is 3.15. The van der Waals surface area contributed by atoms with Crippen molar-refractivity contribution in [3.05, 3.63) is 64.4 Å². The topological polar surface area (TPSA) is 81.2 Å². The van der Waals surface area contributed by atoms with Crippen molar-refractivity contribution in [2.75, 3.05) is 5.32 Å². The maximum atomic E-state index is 12.5. The van der Waals surface area contributed by atoms with Gasteiger partial charge in [0.2, 0.25) is 0 Å². The molecule has 3 aromatic rings. The number of esters is 1. The van der Waals surface area contributed by atoms with Gasteiger partial charge in [-0.05, 0) is 30.7 Å². The summed E-state index contributed by atoms with van der Waals surface area (Å²) in [6, 6.07) is 12.0. The number of fused-ring (bicyclic) bond motifs is 1. The Morgan fingerprint density at radius 1 is 1.11 bits per heavy atom. The summed E-state index contributed by atoms with van der Waals surface area (Å²) < 4.78 is 5.31. The Kier molecular flexibility index (Phi) is 5.88. The number of rotatable bonds is 5. The van der Waals surface area contributed by atoms with Gasteiger partial charge >= 0.3 is 5.97 Å². The van der Waals surface area contributed by atoms with Gasteiger partial charge in [0.25, 0.3) is 5.91 Å². The first-order valence-electron chi connectivity index (χ1n) is 8.17. The van der Waals surface area contributed by atoms with Crippen LogP contribution < -0.4 is 5.32 Å². The zero-order chi connectivity index (χ0) is 19.4. The molecule has 27 heavy (non-hydrogen) atoms. The Morgan fingerprint density at radius 2 is 1.85 bits per heavy atom. The van der Waals surface area contributed by atoms with E-state index in [-0.39, 0.29) is 17.1 Å². The SMILES string of the molecule is CCC(OC(=O)c1cnc2ccccc2n1)C(=O)Nc1cccc(Cl)c1Cl. The van der Waals surface area contributed by atoms with Gasteiger partial charge in [-0.2, -0.15) is 0 Å². The van der Waals surface area contributed by atoms with Crippen molar-refractivity contribution in [1.29, 1.82) is 0 Å². The van der Waals surface area contributed by atoms with E-state index >= 15 is 0 Å². The first-order valence-corrected chi connectivity index (χ1v) is 8.93. The van der Waals surface area contributed by atoms with Crippen molar-refractivity contribution in [1.82, 2.24) is 9.97 Å². The van der Waals surface area contributed by atoms with E-state index in [1.807, 2.05) is 6.07 Å². The number of para-hydroxylation sites is 2. The van der Waals surface area contributed by atoms with Crippen LogP contribution >= 0.6 is 23.2 Å². The van der Waals surface area contributed by atoms with Gasteiger partial charge in [0.05, 0.1) is 33.0 Å². The predicted octanol–water partition coefficient (Wildman–Crippen LogP) is 4.51. The van der Waals surface area contributed by atoms with E-state index in [1.54, 1.807) is 43.3 Å². The molecule has 1 atom stereocenters. The van der Waals surface area contributed by atoms with Gasteiger partial charge in [-0.3, -0.25) is 9.78 Å². The van der Waals surface area contributed by atoms with Gasteiger partial charge in [-0.1, -0.05) is 48.3 Å². The molecule has 0 aliphatic heterocycles. The molecule has 8 heteroatoms. The first-order chi connectivity index (χ1) is 13.0. The van der Waals surface area contributed by atoms with Crippen molar-refractivity contribution >= 4 is 51.8 Å². The molecule has 1 aromatic heterocycles. The first kappa shape index (κ1) is 19.1. The number of aromatic nitrogens is 2. The second-order valence-corrected chi connectivity index (χ2v) is 6.42. The fraction of sp³-hybridized carbons (Fsp3) is 0.158. The molecule has 0 fully saturated rings. The highest BCUT2D eigenvalue weighted by Gasteiger charge is 2.24. The number of nitrogens with zero attached hydrogens (tertiary/aromatic N) is 2. The highest BCUT2D eigenvalue weighted by atomic mass is 35.5. The normalized spacial score (nSPS) is 11.8. The summed E-state index contributed by atoms with van der Waals surface area (Å²) in [4.78, 5) is 33.2. The van der Waals surface area contributed by atoms with Crippen LogP contribution in [0.25, 0.3) is 11.0 Å². The Bertz CT molecular complexity index is 1010.